The Labute approximate surface area is 115 Å². The summed E-state index contributed by atoms with van der Waals surface area (Å²) in [6.45, 7) is 1.82. The highest BCUT2D eigenvalue weighted by atomic mass is 19.1. The molecule has 0 aromatic heterocycles. The summed E-state index contributed by atoms with van der Waals surface area (Å²) < 4.78 is 12.9. The highest BCUT2D eigenvalue weighted by molar-refractivity contribution is 5.88. The number of anilines is 1. The molecule has 2 aromatic rings. The fraction of sp³-hybridized carbons (Fsp3) is 0.133. The number of phenols is 1. The second kappa shape index (κ2) is 5.61. The van der Waals surface area contributed by atoms with Crippen molar-refractivity contribution in [1.82, 2.24) is 0 Å². The number of aromatic hydroxyl groups is 1. The lowest BCUT2D eigenvalue weighted by atomic mass is 10.1. The molecule has 0 aliphatic carbocycles. The number of carbonyl (C=O) groups is 1. The Hall–Kier alpha value is -2.56. The molecule has 1 unspecified atom stereocenters. The number of carboxylic acids is 1. The van der Waals surface area contributed by atoms with E-state index in [9.17, 15) is 14.3 Å². The lowest BCUT2D eigenvalue weighted by Crippen LogP contribution is -2.07. The number of hydrogen-bond donors (Lipinski definition) is 3. The maximum absolute atomic E-state index is 12.9. The van der Waals surface area contributed by atoms with Gasteiger partial charge in [0.25, 0.3) is 0 Å². The van der Waals surface area contributed by atoms with Gasteiger partial charge in [0, 0.05) is 17.3 Å². The zero-order chi connectivity index (χ0) is 14.7. The van der Waals surface area contributed by atoms with Crippen LogP contribution in [0.4, 0.5) is 10.1 Å². The van der Waals surface area contributed by atoms with E-state index in [2.05, 4.69) is 5.32 Å². The molecule has 0 aliphatic heterocycles. The Balaban J connectivity index is 2.14. The van der Waals surface area contributed by atoms with Crippen LogP contribution in [-0.2, 0) is 0 Å². The van der Waals surface area contributed by atoms with Gasteiger partial charge in [0.15, 0.2) is 0 Å². The molecule has 20 heavy (non-hydrogen) atoms. The van der Waals surface area contributed by atoms with Crippen LogP contribution in [0.2, 0.25) is 0 Å². The molecule has 3 N–H and O–H groups in total. The van der Waals surface area contributed by atoms with Crippen LogP contribution in [0.1, 0.15) is 28.9 Å². The van der Waals surface area contributed by atoms with Crippen LogP contribution in [0.3, 0.4) is 0 Å². The summed E-state index contributed by atoms with van der Waals surface area (Å²) in [5, 5.41) is 21.6. The van der Waals surface area contributed by atoms with Gasteiger partial charge in [0.2, 0.25) is 0 Å². The third-order valence-corrected chi connectivity index (χ3v) is 2.97. The van der Waals surface area contributed by atoms with Gasteiger partial charge >= 0.3 is 5.97 Å². The van der Waals surface area contributed by atoms with Gasteiger partial charge in [0.05, 0.1) is 11.6 Å². The lowest BCUT2D eigenvalue weighted by Gasteiger charge is -2.17. The summed E-state index contributed by atoms with van der Waals surface area (Å²) in [5.41, 5.74) is 1.48. The minimum absolute atomic E-state index is 0.118. The number of rotatable bonds is 4. The Morgan fingerprint density at radius 1 is 1.20 bits per heavy atom. The van der Waals surface area contributed by atoms with Crippen molar-refractivity contribution >= 4 is 11.7 Å². The maximum Gasteiger partial charge on any atom is 0.335 e. The number of carboxylic acid groups (broad SMARTS) is 1. The van der Waals surface area contributed by atoms with E-state index in [4.69, 9.17) is 5.11 Å². The molecule has 0 saturated heterocycles. The molecular formula is C15H14FNO3. The molecule has 104 valence electrons. The van der Waals surface area contributed by atoms with Crippen molar-refractivity contribution in [3.8, 4) is 5.75 Å². The van der Waals surface area contributed by atoms with Gasteiger partial charge in [-0.3, -0.25) is 0 Å². The third-order valence-electron chi connectivity index (χ3n) is 2.97. The molecule has 0 bridgehead atoms. The lowest BCUT2D eigenvalue weighted by molar-refractivity contribution is 0.0697. The Bertz CT molecular complexity index is 626. The molecule has 5 heteroatoms. The predicted octanol–water partition coefficient (Wildman–Crippen LogP) is 3.40. The quantitative estimate of drug-likeness (QED) is 0.799. The summed E-state index contributed by atoms with van der Waals surface area (Å²) in [5.74, 6) is -1.60. The number of halogens is 1. The first kappa shape index (κ1) is 13.9. The molecule has 4 nitrogen and oxygen atoms in total. The van der Waals surface area contributed by atoms with Crippen LogP contribution >= 0.6 is 0 Å². The molecule has 2 rings (SSSR count). The van der Waals surface area contributed by atoms with E-state index in [0.717, 1.165) is 6.07 Å². The van der Waals surface area contributed by atoms with Gasteiger partial charge in [0.1, 0.15) is 11.6 Å². The normalized spacial score (nSPS) is 11.9. The van der Waals surface area contributed by atoms with Crippen LogP contribution in [0.15, 0.2) is 42.5 Å². The Morgan fingerprint density at radius 3 is 2.40 bits per heavy atom. The van der Waals surface area contributed by atoms with E-state index >= 15 is 0 Å². The standard InChI is InChI=1S/C15H14FNO3/c1-9(13-7-4-11(16)8-14(13)18)17-12-5-2-10(3-6-12)15(19)20/h2-9,17-18H,1H3,(H,19,20). The second-order valence-electron chi connectivity index (χ2n) is 4.45. The topological polar surface area (TPSA) is 69.6 Å². The number of benzene rings is 2. The Morgan fingerprint density at radius 2 is 1.85 bits per heavy atom. The zero-order valence-electron chi connectivity index (χ0n) is 10.8. The summed E-state index contributed by atoms with van der Waals surface area (Å²) in [6.07, 6.45) is 0. The largest absolute Gasteiger partial charge is 0.507 e. The number of hydrogen-bond acceptors (Lipinski definition) is 3. The molecule has 2 aromatic carbocycles. The van der Waals surface area contributed by atoms with Crippen LogP contribution in [0.25, 0.3) is 0 Å². The number of nitrogens with one attached hydrogen (secondary N) is 1. The summed E-state index contributed by atoms with van der Waals surface area (Å²) in [6, 6.07) is 9.85. The van der Waals surface area contributed by atoms with Crippen molar-refractivity contribution < 1.29 is 19.4 Å². The van der Waals surface area contributed by atoms with Crippen LogP contribution in [0.5, 0.6) is 5.75 Å². The van der Waals surface area contributed by atoms with E-state index < -0.39 is 11.8 Å². The average Bonchev–Trinajstić information content (AvgIpc) is 2.39. The molecule has 0 heterocycles. The molecule has 0 spiro atoms. The van der Waals surface area contributed by atoms with Gasteiger partial charge in [-0.05, 0) is 37.3 Å². The predicted molar refractivity (Wildman–Crippen MR) is 73.5 cm³/mol. The third kappa shape index (κ3) is 3.06. The van der Waals surface area contributed by atoms with Crippen molar-refractivity contribution in [3.63, 3.8) is 0 Å². The number of aromatic carboxylic acids is 1. The SMILES string of the molecule is CC(Nc1ccc(C(=O)O)cc1)c1ccc(F)cc1O. The van der Waals surface area contributed by atoms with Gasteiger partial charge in [-0.1, -0.05) is 6.07 Å². The smallest absolute Gasteiger partial charge is 0.335 e. The maximum atomic E-state index is 12.9. The van der Waals surface area contributed by atoms with Gasteiger partial charge in [-0.2, -0.15) is 0 Å². The van der Waals surface area contributed by atoms with E-state index in [1.165, 1.54) is 24.3 Å². The summed E-state index contributed by atoms with van der Waals surface area (Å²) in [7, 11) is 0. The summed E-state index contributed by atoms with van der Waals surface area (Å²) >= 11 is 0. The van der Waals surface area contributed by atoms with Crippen molar-refractivity contribution in [1.29, 1.82) is 0 Å². The molecule has 0 saturated carbocycles. The monoisotopic (exact) mass is 275 g/mol. The highest BCUT2D eigenvalue weighted by Gasteiger charge is 2.11. The van der Waals surface area contributed by atoms with Crippen LogP contribution in [-0.4, -0.2) is 16.2 Å². The van der Waals surface area contributed by atoms with E-state index in [-0.39, 0.29) is 17.4 Å². The molecule has 0 radical (unpaired) electrons. The molecule has 0 aliphatic rings. The van der Waals surface area contributed by atoms with Crippen LogP contribution in [0, 0.1) is 5.82 Å². The second-order valence-corrected chi connectivity index (χ2v) is 4.45. The number of phenolic OH excluding ortho intramolecular Hbond substituents is 1. The van der Waals surface area contributed by atoms with Gasteiger partial charge < -0.3 is 15.5 Å². The minimum Gasteiger partial charge on any atom is -0.507 e. The molecule has 0 amide bonds. The zero-order valence-corrected chi connectivity index (χ0v) is 10.8. The van der Waals surface area contributed by atoms with Crippen molar-refractivity contribution in [2.24, 2.45) is 0 Å². The van der Waals surface area contributed by atoms with E-state index in [0.29, 0.717) is 11.3 Å². The van der Waals surface area contributed by atoms with Gasteiger partial charge in [-0.25, -0.2) is 9.18 Å². The fourth-order valence-corrected chi connectivity index (χ4v) is 1.92. The Kier molecular flexibility index (Phi) is 3.89. The van der Waals surface area contributed by atoms with Crippen LogP contribution < -0.4 is 5.32 Å². The molecule has 0 fully saturated rings. The van der Waals surface area contributed by atoms with Crippen molar-refractivity contribution in [2.75, 3.05) is 5.32 Å². The first-order valence-electron chi connectivity index (χ1n) is 6.05. The first-order chi connectivity index (χ1) is 9.47. The minimum atomic E-state index is -0.985. The first-order valence-corrected chi connectivity index (χ1v) is 6.05. The fourth-order valence-electron chi connectivity index (χ4n) is 1.92. The highest BCUT2D eigenvalue weighted by Crippen LogP contribution is 2.27. The van der Waals surface area contributed by atoms with Crippen molar-refractivity contribution in [2.45, 2.75) is 13.0 Å². The van der Waals surface area contributed by atoms with Crippen molar-refractivity contribution in [3.05, 3.63) is 59.4 Å². The molecular weight excluding hydrogens is 261 g/mol. The van der Waals surface area contributed by atoms with E-state index in [1.807, 2.05) is 6.92 Å². The van der Waals surface area contributed by atoms with E-state index in [1.54, 1.807) is 12.1 Å². The molecule has 1 atom stereocenters. The average molecular weight is 275 g/mol. The van der Waals surface area contributed by atoms with Gasteiger partial charge in [-0.15, -0.1) is 0 Å². The summed E-state index contributed by atoms with van der Waals surface area (Å²) in [4.78, 5) is 10.7.